The Morgan fingerprint density at radius 1 is 1.07 bits per heavy atom. The lowest BCUT2D eigenvalue weighted by atomic mass is 10.2. The zero-order valence-electron chi connectivity index (χ0n) is 15.2. The Morgan fingerprint density at radius 3 is 2.46 bits per heavy atom. The summed E-state index contributed by atoms with van der Waals surface area (Å²) in [6.45, 7) is 2.49. The fraction of sp³-hybridized carbons (Fsp3) is 0.158. The number of amides is 1. The third kappa shape index (κ3) is 3.52. The molecule has 28 heavy (non-hydrogen) atoms. The van der Waals surface area contributed by atoms with Crippen LogP contribution in [-0.2, 0) is 0 Å². The highest BCUT2D eigenvalue weighted by Crippen LogP contribution is 2.26. The average Bonchev–Trinajstić information content (AvgIpc) is 3.29. The molecule has 0 saturated carbocycles. The van der Waals surface area contributed by atoms with E-state index in [1.54, 1.807) is 35.9 Å². The van der Waals surface area contributed by atoms with Crippen molar-refractivity contribution in [3.05, 3.63) is 54.1 Å². The van der Waals surface area contributed by atoms with E-state index in [1.807, 2.05) is 31.2 Å². The normalized spacial score (nSPS) is 10.8. The topological polar surface area (TPSA) is 90.6 Å². The molecule has 9 heteroatoms. The Hall–Kier alpha value is -3.46. The quantitative estimate of drug-likeness (QED) is 0.537. The Bertz CT molecular complexity index is 1100. The third-order valence-electron chi connectivity index (χ3n) is 3.99. The van der Waals surface area contributed by atoms with E-state index in [9.17, 15) is 4.79 Å². The highest BCUT2D eigenvalue weighted by Gasteiger charge is 2.15. The van der Waals surface area contributed by atoms with Crippen molar-refractivity contribution in [1.82, 2.24) is 19.8 Å². The second-order valence-corrected chi connectivity index (χ2v) is 6.72. The molecule has 0 bridgehead atoms. The van der Waals surface area contributed by atoms with Crippen LogP contribution < -0.4 is 14.8 Å². The number of fused-ring (bicyclic) bond motifs is 1. The van der Waals surface area contributed by atoms with Gasteiger partial charge in [0, 0.05) is 11.1 Å². The van der Waals surface area contributed by atoms with Gasteiger partial charge in [-0.15, -0.1) is 15.3 Å². The number of nitrogens with one attached hydrogen (secondary N) is 1. The minimum Gasteiger partial charge on any atom is -0.497 e. The largest absolute Gasteiger partial charge is 0.497 e. The summed E-state index contributed by atoms with van der Waals surface area (Å²) in [4.78, 5) is 13.1. The van der Waals surface area contributed by atoms with Crippen molar-refractivity contribution in [3.8, 4) is 22.9 Å². The number of anilines is 1. The van der Waals surface area contributed by atoms with Gasteiger partial charge in [-0.2, -0.15) is 4.52 Å². The number of hydrogen-bond donors (Lipinski definition) is 1. The molecule has 0 spiro atoms. The van der Waals surface area contributed by atoms with Crippen LogP contribution in [-0.4, -0.2) is 39.4 Å². The molecule has 0 atom stereocenters. The fourth-order valence-electron chi connectivity index (χ4n) is 2.63. The SMILES string of the molecule is CCOc1ccc(C(=O)Nc2nn3c(-c4ccc(OC)cc4)nnc3s2)cc1. The number of methoxy groups -OCH3 is 1. The first-order valence-electron chi connectivity index (χ1n) is 8.59. The molecule has 0 saturated heterocycles. The minimum atomic E-state index is -0.251. The Labute approximate surface area is 164 Å². The predicted octanol–water partition coefficient (Wildman–Crippen LogP) is 3.51. The van der Waals surface area contributed by atoms with Gasteiger partial charge in [0.05, 0.1) is 13.7 Å². The summed E-state index contributed by atoms with van der Waals surface area (Å²) in [5, 5.41) is 16.0. The molecule has 0 radical (unpaired) electrons. The number of rotatable bonds is 6. The molecule has 1 amide bonds. The van der Waals surface area contributed by atoms with Crippen LogP contribution in [0.25, 0.3) is 16.3 Å². The third-order valence-corrected chi connectivity index (χ3v) is 4.80. The second kappa shape index (κ2) is 7.65. The van der Waals surface area contributed by atoms with Crippen LogP contribution in [0.1, 0.15) is 17.3 Å². The molecule has 0 fully saturated rings. The van der Waals surface area contributed by atoms with E-state index in [0.29, 0.717) is 28.1 Å². The van der Waals surface area contributed by atoms with E-state index in [2.05, 4.69) is 20.6 Å². The maximum Gasteiger partial charge on any atom is 0.257 e. The summed E-state index contributed by atoms with van der Waals surface area (Å²) in [7, 11) is 1.62. The molecule has 0 unspecified atom stereocenters. The van der Waals surface area contributed by atoms with E-state index in [0.717, 1.165) is 17.1 Å². The van der Waals surface area contributed by atoms with Gasteiger partial charge in [0.2, 0.25) is 10.1 Å². The number of benzene rings is 2. The summed E-state index contributed by atoms with van der Waals surface area (Å²) in [5.41, 5.74) is 1.37. The minimum absolute atomic E-state index is 0.251. The molecule has 142 valence electrons. The van der Waals surface area contributed by atoms with Crippen molar-refractivity contribution in [3.63, 3.8) is 0 Å². The van der Waals surface area contributed by atoms with Crippen LogP contribution in [0.5, 0.6) is 11.5 Å². The van der Waals surface area contributed by atoms with Gasteiger partial charge in [-0.05, 0) is 55.5 Å². The Kier molecular flexibility index (Phi) is 4.90. The zero-order chi connectivity index (χ0) is 19.5. The summed E-state index contributed by atoms with van der Waals surface area (Å²) in [5.74, 6) is 1.82. The van der Waals surface area contributed by atoms with Crippen molar-refractivity contribution in [2.45, 2.75) is 6.92 Å². The van der Waals surface area contributed by atoms with Gasteiger partial charge in [0.1, 0.15) is 11.5 Å². The van der Waals surface area contributed by atoms with Crippen LogP contribution in [0, 0.1) is 0 Å². The average molecular weight is 395 g/mol. The first-order valence-corrected chi connectivity index (χ1v) is 9.40. The first-order chi connectivity index (χ1) is 13.7. The number of hydrogen-bond acceptors (Lipinski definition) is 7. The van der Waals surface area contributed by atoms with Gasteiger partial charge in [0.25, 0.3) is 5.91 Å². The van der Waals surface area contributed by atoms with Crippen molar-refractivity contribution < 1.29 is 14.3 Å². The van der Waals surface area contributed by atoms with Crippen molar-refractivity contribution in [2.75, 3.05) is 19.0 Å². The molecule has 8 nitrogen and oxygen atoms in total. The molecule has 0 aliphatic carbocycles. The molecule has 2 heterocycles. The molecule has 2 aromatic carbocycles. The number of carbonyl (C=O) groups is 1. The molecule has 1 N–H and O–H groups in total. The maximum atomic E-state index is 12.5. The zero-order valence-corrected chi connectivity index (χ0v) is 16.1. The van der Waals surface area contributed by atoms with Gasteiger partial charge < -0.3 is 9.47 Å². The summed E-state index contributed by atoms with van der Waals surface area (Å²) in [6.07, 6.45) is 0. The fourth-order valence-corrected chi connectivity index (χ4v) is 3.36. The van der Waals surface area contributed by atoms with E-state index in [1.165, 1.54) is 11.3 Å². The van der Waals surface area contributed by atoms with Crippen molar-refractivity contribution >= 4 is 27.3 Å². The lowest BCUT2D eigenvalue weighted by Crippen LogP contribution is -2.12. The number of aromatic nitrogens is 4. The summed E-state index contributed by atoms with van der Waals surface area (Å²) >= 11 is 1.25. The summed E-state index contributed by atoms with van der Waals surface area (Å²) in [6, 6.07) is 14.4. The lowest BCUT2D eigenvalue weighted by molar-refractivity contribution is 0.102. The first kappa shape index (κ1) is 17.9. The molecule has 0 aliphatic rings. The molecule has 0 aliphatic heterocycles. The maximum absolute atomic E-state index is 12.5. The molecule has 2 aromatic heterocycles. The molecule has 4 aromatic rings. The molecular weight excluding hydrogens is 378 g/mol. The van der Waals surface area contributed by atoms with E-state index in [-0.39, 0.29) is 5.91 Å². The van der Waals surface area contributed by atoms with Gasteiger partial charge in [0.15, 0.2) is 5.82 Å². The number of ether oxygens (including phenoxy) is 2. The predicted molar refractivity (Wildman–Crippen MR) is 106 cm³/mol. The molecule has 4 rings (SSSR count). The van der Waals surface area contributed by atoms with Crippen molar-refractivity contribution in [2.24, 2.45) is 0 Å². The smallest absolute Gasteiger partial charge is 0.257 e. The van der Waals surface area contributed by atoms with E-state index >= 15 is 0 Å². The molecular formula is C19H17N5O3S. The van der Waals surface area contributed by atoms with Crippen LogP contribution in [0.15, 0.2) is 48.5 Å². The monoisotopic (exact) mass is 395 g/mol. The highest BCUT2D eigenvalue weighted by atomic mass is 32.1. The Morgan fingerprint density at radius 2 is 1.79 bits per heavy atom. The standard InChI is InChI=1S/C19H17N5O3S/c1-3-27-15-10-6-13(7-11-15)17(25)20-18-23-24-16(21-22-19(24)28-18)12-4-8-14(26-2)9-5-12/h4-11H,3H2,1-2H3,(H,20,23,25). The summed E-state index contributed by atoms with van der Waals surface area (Å²) < 4.78 is 12.2. The van der Waals surface area contributed by atoms with Crippen LogP contribution in [0.4, 0.5) is 5.13 Å². The van der Waals surface area contributed by atoms with Crippen LogP contribution in [0.2, 0.25) is 0 Å². The van der Waals surface area contributed by atoms with Crippen LogP contribution in [0.3, 0.4) is 0 Å². The lowest BCUT2D eigenvalue weighted by Gasteiger charge is -2.04. The van der Waals surface area contributed by atoms with Gasteiger partial charge in [-0.3, -0.25) is 10.1 Å². The van der Waals surface area contributed by atoms with Gasteiger partial charge in [-0.1, -0.05) is 11.3 Å². The van der Waals surface area contributed by atoms with Gasteiger partial charge >= 0.3 is 0 Å². The highest BCUT2D eigenvalue weighted by molar-refractivity contribution is 7.20. The van der Waals surface area contributed by atoms with E-state index < -0.39 is 0 Å². The number of nitrogens with zero attached hydrogens (tertiary/aromatic N) is 4. The second-order valence-electron chi connectivity index (χ2n) is 5.77. The Balaban J connectivity index is 1.54. The number of carbonyl (C=O) groups excluding carboxylic acids is 1. The van der Waals surface area contributed by atoms with Crippen molar-refractivity contribution in [1.29, 1.82) is 0 Å². The van der Waals surface area contributed by atoms with Gasteiger partial charge in [-0.25, -0.2) is 0 Å². The van der Waals surface area contributed by atoms with E-state index in [4.69, 9.17) is 9.47 Å². The van der Waals surface area contributed by atoms with Crippen LogP contribution >= 0.6 is 11.3 Å².